The monoisotopic (exact) mass is 419 g/mol. The molecule has 2 fully saturated rings. The molecule has 1 amide bonds. The van der Waals surface area contributed by atoms with E-state index in [9.17, 15) is 9.90 Å². The number of aryl methyl sites for hydroxylation is 1. The van der Waals surface area contributed by atoms with Gasteiger partial charge < -0.3 is 24.6 Å². The van der Waals surface area contributed by atoms with E-state index in [0.717, 1.165) is 44.0 Å². The fourth-order valence-electron chi connectivity index (χ4n) is 4.43. The molecule has 1 spiro atoms. The third-order valence-electron chi connectivity index (χ3n) is 6.30. The Bertz CT molecular complexity index is 831. The number of hydrogen-bond acceptors (Lipinski definition) is 7. The van der Waals surface area contributed by atoms with E-state index in [1.165, 1.54) is 11.3 Å². The maximum absolute atomic E-state index is 12.7. The van der Waals surface area contributed by atoms with Gasteiger partial charge in [-0.25, -0.2) is 9.97 Å². The number of nitrogens with zero attached hydrogens (tertiary/aromatic N) is 4. The summed E-state index contributed by atoms with van der Waals surface area (Å²) in [5.41, 5.74) is -0.925. The summed E-state index contributed by atoms with van der Waals surface area (Å²) in [6, 6.07) is 0. The van der Waals surface area contributed by atoms with Crippen molar-refractivity contribution in [3.63, 3.8) is 0 Å². The van der Waals surface area contributed by atoms with Gasteiger partial charge in [-0.05, 0) is 33.1 Å². The number of rotatable bonds is 5. The second-order valence-electron chi connectivity index (χ2n) is 8.33. The number of thiazole rings is 1. The average Bonchev–Trinajstić information content (AvgIpc) is 3.37. The van der Waals surface area contributed by atoms with E-state index in [2.05, 4.69) is 24.8 Å². The molecular formula is C20H29N5O3S. The molecule has 9 heteroatoms. The smallest absolute Gasteiger partial charge is 0.271 e. The molecule has 2 aliphatic heterocycles. The highest BCUT2D eigenvalue weighted by Crippen LogP contribution is 2.40. The van der Waals surface area contributed by atoms with Crippen LogP contribution >= 0.6 is 11.3 Å². The molecule has 0 aliphatic carbocycles. The Hall–Kier alpha value is -1.81. The highest BCUT2D eigenvalue weighted by molar-refractivity contribution is 7.09. The van der Waals surface area contributed by atoms with Crippen molar-refractivity contribution >= 4 is 17.2 Å². The van der Waals surface area contributed by atoms with Crippen molar-refractivity contribution in [3.05, 3.63) is 34.8 Å². The van der Waals surface area contributed by atoms with Crippen molar-refractivity contribution in [2.45, 2.75) is 56.9 Å². The van der Waals surface area contributed by atoms with Crippen molar-refractivity contribution < 1.29 is 14.6 Å². The molecule has 29 heavy (non-hydrogen) atoms. The molecule has 2 aliphatic rings. The summed E-state index contributed by atoms with van der Waals surface area (Å²) in [7, 11) is 0. The number of hydrogen-bond donors (Lipinski definition) is 2. The zero-order chi connectivity index (χ0) is 20.5. The molecule has 4 heterocycles. The lowest BCUT2D eigenvalue weighted by atomic mass is 9.73. The Labute approximate surface area is 174 Å². The molecule has 0 aromatic carbocycles. The average molecular weight is 420 g/mol. The molecule has 0 bridgehead atoms. The van der Waals surface area contributed by atoms with E-state index in [1.807, 2.05) is 26.4 Å². The maximum Gasteiger partial charge on any atom is 0.271 e. The second kappa shape index (κ2) is 8.14. The molecule has 8 nitrogen and oxygen atoms in total. The lowest BCUT2D eigenvalue weighted by Gasteiger charge is -2.53. The Balaban J connectivity index is 1.37. The molecular weight excluding hydrogens is 390 g/mol. The number of aliphatic hydroxyl groups is 1. The Morgan fingerprint density at radius 1 is 1.38 bits per heavy atom. The first-order valence-corrected chi connectivity index (χ1v) is 11.0. The van der Waals surface area contributed by atoms with Crippen LogP contribution < -0.4 is 5.32 Å². The van der Waals surface area contributed by atoms with Crippen LogP contribution in [0.1, 0.15) is 41.7 Å². The minimum absolute atomic E-state index is 0.231. The van der Waals surface area contributed by atoms with Crippen LogP contribution in [0.3, 0.4) is 0 Å². The number of carbonyl (C=O) groups excluding carboxylic acids is 1. The van der Waals surface area contributed by atoms with Gasteiger partial charge in [-0.15, -0.1) is 11.3 Å². The summed E-state index contributed by atoms with van der Waals surface area (Å²) in [4.78, 5) is 23.4. The number of ether oxygens (including phenoxy) is 1. The summed E-state index contributed by atoms with van der Waals surface area (Å²) in [5, 5.41) is 16.9. The van der Waals surface area contributed by atoms with E-state index in [1.54, 1.807) is 11.6 Å². The highest BCUT2D eigenvalue weighted by atomic mass is 32.1. The van der Waals surface area contributed by atoms with Gasteiger partial charge >= 0.3 is 0 Å². The number of carbonyl (C=O) groups is 1. The van der Waals surface area contributed by atoms with E-state index in [-0.39, 0.29) is 5.91 Å². The molecule has 2 atom stereocenters. The van der Waals surface area contributed by atoms with Crippen LogP contribution in [-0.4, -0.2) is 73.9 Å². The predicted molar refractivity (Wildman–Crippen MR) is 110 cm³/mol. The van der Waals surface area contributed by atoms with Gasteiger partial charge in [0, 0.05) is 50.6 Å². The van der Waals surface area contributed by atoms with Gasteiger partial charge in [0.15, 0.2) is 0 Å². The number of likely N-dealkylation sites (tertiary alicyclic amines) is 1. The third kappa shape index (κ3) is 4.23. The molecule has 158 valence electrons. The fourth-order valence-corrected chi connectivity index (χ4v) is 5.03. The third-order valence-corrected chi connectivity index (χ3v) is 7.07. The van der Waals surface area contributed by atoms with Gasteiger partial charge in [-0.1, -0.05) is 0 Å². The maximum atomic E-state index is 12.7. The Morgan fingerprint density at radius 2 is 2.17 bits per heavy atom. The van der Waals surface area contributed by atoms with Crippen molar-refractivity contribution in [1.82, 2.24) is 24.8 Å². The molecule has 2 aromatic heterocycles. The van der Waals surface area contributed by atoms with Gasteiger partial charge in [0.25, 0.3) is 5.91 Å². The minimum Gasteiger partial charge on any atom is -0.388 e. The minimum atomic E-state index is -0.761. The lowest BCUT2D eigenvalue weighted by molar-refractivity contribution is -0.205. The van der Waals surface area contributed by atoms with Crippen LogP contribution in [0.2, 0.25) is 0 Å². The number of imidazole rings is 1. The van der Waals surface area contributed by atoms with Gasteiger partial charge in [-0.2, -0.15) is 0 Å². The summed E-state index contributed by atoms with van der Waals surface area (Å²) in [5.74, 6) is -0.231. The zero-order valence-electron chi connectivity index (χ0n) is 17.0. The first-order chi connectivity index (χ1) is 13.9. The number of piperidine rings is 1. The summed E-state index contributed by atoms with van der Waals surface area (Å²) < 4.78 is 8.22. The molecule has 0 radical (unpaired) electrons. The van der Waals surface area contributed by atoms with Crippen LogP contribution in [0.25, 0.3) is 0 Å². The van der Waals surface area contributed by atoms with Gasteiger partial charge in [0.2, 0.25) is 0 Å². The Kier molecular flexibility index (Phi) is 5.74. The van der Waals surface area contributed by atoms with Crippen LogP contribution in [-0.2, 0) is 11.3 Å². The topological polar surface area (TPSA) is 92.5 Å². The number of amides is 1. The van der Waals surface area contributed by atoms with Crippen molar-refractivity contribution in [3.8, 4) is 0 Å². The van der Waals surface area contributed by atoms with Crippen LogP contribution in [0.5, 0.6) is 0 Å². The van der Waals surface area contributed by atoms with E-state index in [0.29, 0.717) is 18.7 Å². The molecule has 2 saturated heterocycles. The highest BCUT2D eigenvalue weighted by Gasteiger charge is 2.53. The normalized spacial score (nSPS) is 27.2. The molecule has 0 saturated carbocycles. The van der Waals surface area contributed by atoms with Gasteiger partial charge in [-0.3, -0.25) is 4.79 Å². The zero-order valence-corrected chi connectivity index (χ0v) is 17.8. The van der Waals surface area contributed by atoms with Crippen LogP contribution in [0.4, 0.5) is 0 Å². The first kappa shape index (κ1) is 20.5. The standard InChI is InChI=1S/C20H29N5O3S/c1-15-22-16(13-29-15)17(26)23-19(2)5-12-28-20(18(19)27)3-7-24(8-4-20)10-11-25-9-6-21-14-25/h6,9,13-14,18,27H,3-5,7-8,10-12H2,1-2H3,(H,23,26)/t18-,19+/m0/s1. The summed E-state index contributed by atoms with van der Waals surface area (Å²) in [6.07, 6.45) is 6.91. The van der Waals surface area contributed by atoms with Gasteiger partial charge in [0.05, 0.1) is 22.5 Å². The number of aromatic nitrogens is 3. The molecule has 0 unspecified atom stereocenters. The lowest BCUT2D eigenvalue weighted by Crippen LogP contribution is -2.69. The quantitative estimate of drug-likeness (QED) is 0.762. The second-order valence-corrected chi connectivity index (χ2v) is 9.39. The van der Waals surface area contributed by atoms with E-state index >= 15 is 0 Å². The molecule has 2 aromatic rings. The van der Waals surface area contributed by atoms with Crippen molar-refractivity contribution in [2.75, 3.05) is 26.2 Å². The summed E-state index contributed by atoms with van der Waals surface area (Å²) >= 11 is 1.45. The van der Waals surface area contributed by atoms with Crippen LogP contribution in [0.15, 0.2) is 24.1 Å². The fraction of sp³-hybridized carbons (Fsp3) is 0.650. The Morgan fingerprint density at radius 3 is 2.83 bits per heavy atom. The SMILES string of the molecule is Cc1nc(C(=O)N[C@]2(C)CCOC3(CCN(CCn4ccnc4)CC3)[C@H]2O)cs1. The first-order valence-electron chi connectivity index (χ1n) is 10.1. The predicted octanol–water partition coefficient (Wildman–Crippen LogP) is 1.45. The van der Waals surface area contributed by atoms with Crippen LogP contribution in [0, 0.1) is 6.92 Å². The molecule has 2 N–H and O–H groups in total. The molecule has 4 rings (SSSR count). The van der Waals surface area contributed by atoms with E-state index in [4.69, 9.17) is 4.74 Å². The van der Waals surface area contributed by atoms with E-state index < -0.39 is 17.2 Å². The van der Waals surface area contributed by atoms with Crippen molar-refractivity contribution in [1.29, 1.82) is 0 Å². The number of aliphatic hydroxyl groups excluding tert-OH is 1. The van der Waals surface area contributed by atoms with Crippen molar-refractivity contribution in [2.24, 2.45) is 0 Å². The number of nitrogens with one attached hydrogen (secondary N) is 1. The van der Waals surface area contributed by atoms with Gasteiger partial charge in [0.1, 0.15) is 11.8 Å². The summed E-state index contributed by atoms with van der Waals surface area (Å²) in [6.45, 7) is 7.89. The largest absolute Gasteiger partial charge is 0.388 e.